The Labute approximate surface area is 139 Å². The van der Waals surface area contributed by atoms with Crippen LogP contribution in [0.15, 0.2) is 42.5 Å². The molecule has 1 atom stereocenters. The van der Waals surface area contributed by atoms with E-state index in [4.69, 9.17) is 0 Å². The minimum absolute atomic E-state index is 0.304. The highest BCUT2D eigenvalue weighted by Crippen LogP contribution is 2.59. The number of aromatic amines is 1. The fourth-order valence-electron chi connectivity index (χ4n) is 3.55. The molecule has 1 saturated heterocycles. The van der Waals surface area contributed by atoms with Gasteiger partial charge in [-0.05, 0) is 54.7 Å². The summed E-state index contributed by atoms with van der Waals surface area (Å²) in [4.78, 5) is 3.59. The summed E-state index contributed by atoms with van der Waals surface area (Å²) in [5, 5.41) is 12.7. The predicted molar refractivity (Wildman–Crippen MR) is 97.5 cm³/mol. The molecule has 2 N–H and O–H groups in total. The van der Waals surface area contributed by atoms with Crippen molar-refractivity contribution in [2.75, 3.05) is 11.5 Å². The Morgan fingerprint density at radius 3 is 2.64 bits per heavy atom. The molecule has 0 amide bonds. The van der Waals surface area contributed by atoms with Crippen molar-refractivity contribution in [3.8, 4) is 0 Å². The molecule has 0 saturated carbocycles. The van der Waals surface area contributed by atoms with Gasteiger partial charge >= 0.3 is 0 Å². The average molecular weight is 332 g/mol. The molecule has 1 aromatic carbocycles. The molecule has 1 aliphatic heterocycles. The lowest BCUT2D eigenvalue weighted by molar-refractivity contribution is 0.0599. The van der Waals surface area contributed by atoms with Gasteiger partial charge in [-0.2, -0.15) is 0 Å². The molecule has 1 aromatic heterocycles. The Bertz CT molecular complexity index is 669. The molecule has 1 unspecified atom stereocenters. The summed E-state index contributed by atoms with van der Waals surface area (Å²) in [5.41, 5.74) is 1.56. The van der Waals surface area contributed by atoms with Gasteiger partial charge in [-0.15, -0.1) is 23.5 Å². The van der Waals surface area contributed by atoms with Gasteiger partial charge in [-0.25, -0.2) is 0 Å². The van der Waals surface area contributed by atoms with Crippen LogP contribution in [0, 0.1) is 0 Å². The summed E-state index contributed by atoms with van der Waals surface area (Å²) in [7, 11) is 0. The van der Waals surface area contributed by atoms with Gasteiger partial charge in [0.2, 0.25) is 0 Å². The van der Waals surface area contributed by atoms with Crippen LogP contribution in [-0.2, 0) is 4.08 Å². The zero-order chi connectivity index (χ0) is 15.0. The topological polar surface area (TPSA) is 36.0 Å². The van der Waals surface area contributed by atoms with Gasteiger partial charge in [0, 0.05) is 11.2 Å². The molecule has 2 heterocycles. The number of benzene rings is 1. The van der Waals surface area contributed by atoms with E-state index in [1.807, 2.05) is 23.5 Å². The zero-order valence-electron chi connectivity index (χ0n) is 12.5. The van der Waals surface area contributed by atoms with Crippen LogP contribution in [0.4, 0.5) is 0 Å². The molecule has 2 nitrogen and oxygen atoms in total. The number of hydrogen-bond acceptors (Lipinski definition) is 3. The van der Waals surface area contributed by atoms with E-state index in [0.29, 0.717) is 0 Å². The molecule has 116 valence electrons. The first-order valence-corrected chi connectivity index (χ1v) is 9.97. The van der Waals surface area contributed by atoms with E-state index >= 15 is 0 Å². The minimum atomic E-state index is -0.762. The monoisotopic (exact) mass is 331 g/mol. The first-order valence-electron chi connectivity index (χ1n) is 8.00. The first-order chi connectivity index (χ1) is 10.7. The van der Waals surface area contributed by atoms with E-state index in [-0.39, 0.29) is 4.08 Å². The molecular weight excluding hydrogens is 310 g/mol. The Morgan fingerprint density at radius 2 is 1.91 bits per heavy atom. The van der Waals surface area contributed by atoms with Crippen LogP contribution in [0.3, 0.4) is 0 Å². The quantitative estimate of drug-likeness (QED) is 0.786. The van der Waals surface area contributed by atoms with Crippen molar-refractivity contribution < 1.29 is 5.11 Å². The van der Waals surface area contributed by atoms with Crippen molar-refractivity contribution >= 4 is 34.4 Å². The fraction of sp³-hybridized carbons (Fsp3) is 0.444. The highest BCUT2D eigenvalue weighted by molar-refractivity contribution is 8.18. The van der Waals surface area contributed by atoms with Gasteiger partial charge in [-0.3, -0.25) is 0 Å². The maximum absolute atomic E-state index is 11.5. The van der Waals surface area contributed by atoms with E-state index in [2.05, 4.69) is 47.5 Å². The maximum Gasteiger partial charge on any atom is 0.133 e. The molecule has 4 rings (SSSR count). The van der Waals surface area contributed by atoms with Crippen molar-refractivity contribution in [1.82, 2.24) is 4.98 Å². The smallest absolute Gasteiger partial charge is 0.133 e. The number of para-hydroxylation sites is 1. The summed E-state index contributed by atoms with van der Waals surface area (Å²) in [5.74, 6) is 2.22. The Balaban J connectivity index is 1.86. The van der Waals surface area contributed by atoms with Gasteiger partial charge in [0.05, 0.1) is 0 Å². The Morgan fingerprint density at radius 1 is 1.09 bits per heavy atom. The normalized spacial score (nSPS) is 28.0. The Hall–Kier alpha value is -0.840. The van der Waals surface area contributed by atoms with Gasteiger partial charge in [-0.1, -0.05) is 30.4 Å². The minimum Gasteiger partial charge on any atom is -0.383 e. The number of hydrogen-bond donors (Lipinski definition) is 2. The van der Waals surface area contributed by atoms with Crippen LogP contribution in [0.5, 0.6) is 0 Å². The lowest BCUT2D eigenvalue weighted by atomic mass is 9.86. The number of H-pyrrole nitrogens is 1. The van der Waals surface area contributed by atoms with Crippen LogP contribution in [0.2, 0.25) is 0 Å². The molecule has 2 aromatic rings. The van der Waals surface area contributed by atoms with Gasteiger partial charge in [0.15, 0.2) is 0 Å². The third-order valence-corrected chi connectivity index (χ3v) is 8.33. The molecule has 0 spiro atoms. The van der Waals surface area contributed by atoms with E-state index < -0.39 is 5.60 Å². The molecule has 22 heavy (non-hydrogen) atoms. The van der Waals surface area contributed by atoms with Crippen molar-refractivity contribution in [3.05, 3.63) is 48.2 Å². The second-order valence-electron chi connectivity index (χ2n) is 6.16. The predicted octanol–water partition coefficient (Wildman–Crippen LogP) is 4.66. The summed E-state index contributed by atoms with van der Waals surface area (Å²) < 4.78 is -0.304. The average Bonchev–Trinajstić information content (AvgIpc) is 3.00. The number of rotatable bonds is 2. The van der Waals surface area contributed by atoms with Crippen molar-refractivity contribution in [3.63, 3.8) is 0 Å². The Kier molecular flexibility index (Phi) is 3.79. The van der Waals surface area contributed by atoms with Crippen LogP contribution in [-0.4, -0.2) is 27.2 Å². The van der Waals surface area contributed by atoms with Crippen LogP contribution in [0.25, 0.3) is 10.9 Å². The van der Waals surface area contributed by atoms with Gasteiger partial charge < -0.3 is 10.1 Å². The summed E-state index contributed by atoms with van der Waals surface area (Å²) in [6.07, 6.45) is 8.43. The lowest BCUT2D eigenvalue weighted by Crippen LogP contribution is -2.48. The largest absolute Gasteiger partial charge is 0.383 e. The number of nitrogens with one attached hydrogen (secondary N) is 1. The SMILES string of the molecule is OC1(C2(c3cc4ccccc4[nH]3)SCCCS2)C=CCCC1. The number of aliphatic hydroxyl groups is 1. The third-order valence-electron chi connectivity index (χ3n) is 4.68. The molecule has 0 bridgehead atoms. The summed E-state index contributed by atoms with van der Waals surface area (Å²) >= 11 is 3.83. The van der Waals surface area contributed by atoms with E-state index in [1.165, 1.54) is 11.8 Å². The number of thioether (sulfide) groups is 2. The second kappa shape index (κ2) is 5.66. The lowest BCUT2D eigenvalue weighted by Gasteiger charge is -2.47. The summed E-state index contributed by atoms with van der Waals surface area (Å²) in [6.45, 7) is 0. The highest BCUT2D eigenvalue weighted by Gasteiger charge is 2.53. The van der Waals surface area contributed by atoms with Crippen molar-refractivity contribution in [2.45, 2.75) is 35.4 Å². The van der Waals surface area contributed by atoms with E-state index in [9.17, 15) is 5.11 Å². The third kappa shape index (κ3) is 2.24. The number of allylic oxidation sites excluding steroid dienone is 1. The van der Waals surface area contributed by atoms with Gasteiger partial charge in [0.1, 0.15) is 9.68 Å². The fourth-order valence-corrected chi connectivity index (χ4v) is 7.09. The maximum atomic E-state index is 11.5. The number of fused-ring (bicyclic) bond motifs is 1. The highest BCUT2D eigenvalue weighted by atomic mass is 32.2. The van der Waals surface area contributed by atoms with Crippen molar-refractivity contribution in [1.29, 1.82) is 0 Å². The van der Waals surface area contributed by atoms with Gasteiger partial charge in [0.25, 0.3) is 0 Å². The molecular formula is C18H21NOS2. The second-order valence-corrected chi connectivity index (χ2v) is 9.03. The number of aromatic nitrogens is 1. The van der Waals surface area contributed by atoms with Crippen molar-refractivity contribution in [2.24, 2.45) is 0 Å². The van der Waals surface area contributed by atoms with Crippen LogP contribution >= 0.6 is 23.5 Å². The molecule has 0 radical (unpaired) electrons. The first kappa shape index (κ1) is 14.7. The molecule has 1 fully saturated rings. The molecule has 4 heteroatoms. The zero-order valence-corrected chi connectivity index (χ0v) is 14.2. The van der Waals surface area contributed by atoms with E-state index in [0.717, 1.165) is 42.0 Å². The van der Waals surface area contributed by atoms with Crippen LogP contribution < -0.4 is 0 Å². The van der Waals surface area contributed by atoms with Crippen LogP contribution in [0.1, 0.15) is 31.4 Å². The standard InChI is InChI=1S/C18H21NOS2/c20-17(9-4-1-5-10-17)18(21-11-6-12-22-18)16-13-14-7-2-3-8-15(14)19-16/h2-4,7-9,13,19-20H,1,5-6,10-12H2. The molecule has 1 aliphatic carbocycles. The molecule has 2 aliphatic rings. The summed E-state index contributed by atoms with van der Waals surface area (Å²) in [6, 6.07) is 10.6. The van der Waals surface area contributed by atoms with E-state index in [1.54, 1.807) is 0 Å².